The Hall–Kier alpha value is -0.770. The lowest BCUT2D eigenvalue weighted by atomic mass is 9.92. The van der Waals surface area contributed by atoms with Crippen LogP contribution in [0.4, 0.5) is 4.79 Å². The van der Waals surface area contributed by atoms with Gasteiger partial charge >= 0.3 is 6.09 Å². The van der Waals surface area contributed by atoms with Gasteiger partial charge in [-0.1, -0.05) is 26.7 Å². The molecule has 0 saturated heterocycles. The molecule has 0 aliphatic rings. The number of nitrogens with zero attached hydrogens (tertiary/aromatic N) is 1. The van der Waals surface area contributed by atoms with Gasteiger partial charge in [0.1, 0.15) is 5.60 Å². The summed E-state index contributed by atoms with van der Waals surface area (Å²) in [6.07, 6.45) is 3.93. The van der Waals surface area contributed by atoms with Crippen molar-refractivity contribution in [3.8, 4) is 0 Å². The predicted octanol–water partition coefficient (Wildman–Crippen LogP) is 3.79. The molecule has 20 heavy (non-hydrogen) atoms. The van der Waals surface area contributed by atoms with Gasteiger partial charge in [-0.15, -0.1) is 0 Å². The van der Waals surface area contributed by atoms with Crippen LogP contribution in [-0.2, 0) is 4.74 Å². The molecule has 0 heterocycles. The summed E-state index contributed by atoms with van der Waals surface area (Å²) in [6, 6.07) is 0.238. The fourth-order valence-corrected chi connectivity index (χ4v) is 2.35. The lowest BCUT2D eigenvalue weighted by molar-refractivity contribution is 0.0255. The van der Waals surface area contributed by atoms with Crippen molar-refractivity contribution < 1.29 is 9.53 Å². The first-order chi connectivity index (χ1) is 9.25. The van der Waals surface area contributed by atoms with Gasteiger partial charge in [0.15, 0.2) is 0 Å². The zero-order valence-corrected chi connectivity index (χ0v) is 14.2. The highest BCUT2D eigenvalue weighted by Crippen LogP contribution is 2.16. The first kappa shape index (κ1) is 19.2. The average molecular weight is 286 g/mol. The van der Waals surface area contributed by atoms with E-state index in [4.69, 9.17) is 10.5 Å². The molecule has 4 nitrogen and oxygen atoms in total. The molecule has 0 rings (SSSR count). The normalized spacial score (nSPS) is 13.4. The number of ether oxygens (including phenoxy) is 1. The maximum Gasteiger partial charge on any atom is 0.410 e. The first-order valence-electron chi connectivity index (χ1n) is 7.98. The molecular formula is C16H34N2O2. The molecule has 0 aliphatic carbocycles. The standard InChI is InChI=1S/C16H34N2O2/c1-7-13(8-2)14(17)11-10-12-18(9-3)15(19)20-16(4,5)6/h13-14H,7-12,17H2,1-6H3. The van der Waals surface area contributed by atoms with Crippen molar-refractivity contribution in [2.75, 3.05) is 13.1 Å². The molecule has 1 unspecified atom stereocenters. The number of hydrogen-bond donors (Lipinski definition) is 1. The zero-order chi connectivity index (χ0) is 15.8. The van der Waals surface area contributed by atoms with E-state index in [1.165, 1.54) is 0 Å². The first-order valence-corrected chi connectivity index (χ1v) is 7.98. The Labute approximate surface area is 125 Å². The Bertz CT molecular complexity index is 270. The quantitative estimate of drug-likeness (QED) is 0.738. The van der Waals surface area contributed by atoms with E-state index in [0.29, 0.717) is 12.5 Å². The highest BCUT2D eigenvalue weighted by molar-refractivity contribution is 5.68. The average Bonchev–Trinajstić information content (AvgIpc) is 2.33. The molecule has 0 aliphatic heterocycles. The summed E-state index contributed by atoms with van der Waals surface area (Å²) in [5, 5.41) is 0. The van der Waals surface area contributed by atoms with Crippen LogP contribution in [0.25, 0.3) is 0 Å². The van der Waals surface area contributed by atoms with Crippen LogP contribution in [0.15, 0.2) is 0 Å². The number of carbonyl (C=O) groups is 1. The van der Waals surface area contributed by atoms with E-state index in [-0.39, 0.29) is 12.1 Å². The van der Waals surface area contributed by atoms with E-state index >= 15 is 0 Å². The molecule has 0 aromatic rings. The van der Waals surface area contributed by atoms with Crippen molar-refractivity contribution >= 4 is 6.09 Å². The topological polar surface area (TPSA) is 55.6 Å². The van der Waals surface area contributed by atoms with E-state index in [1.54, 1.807) is 4.90 Å². The Morgan fingerprint density at radius 2 is 1.75 bits per heavy atom. The maximum atomic E-state index is 12.0. The van der Waals surface area contributed by atoms with E-state index in [2.05, 4.69) is 13.8 Å². The zero-order valence-electron chi connectivity index (χ0n) is 14.2. The van der Waals surface area contributed by atoms with Gasteiger partial charge in [-0.3, -0.25) is 0 Å². The van der Waals surface area contributed by atoms with Crippen molar-refractivity contribution in [2.45, 2.75) is 78.9 Å². The van der Waals surface area contributed by atoms with Crippen molar-refractivity contribution in [3.63, 3.8) is 0 Å². The summed E-state index contributed by atoms with van der Waals surface area (Å²) in [7, 11) is 0. The molecule has 4 heteroatoms. The Balaban J connectivity index is 4.16. The molecule has 1 atom stereocenters. The van der Waals surface area contributed by atoms with Crippen molar-refractivity contribution in [1.29, 1.82) is 0 Å². The van der Waals surface area contributed by atoms with Crippen LogP contribution in [0.5, 0.6) is 0 Å². The molecule has 0 bridgehead atoms. The molecule has 0 aromatic carbocycles. The van der Waals surface area contributed by atoms with Gasteiger partial charge in [-0.25, -0.2) is 4.79 Å². The van der Waals surface area contributed by atoms with Crippen LogP contribution >= 0.6 is 0 Å². The lowest BCUT2D eigenvalue weighted by Gasteiger charge is -2.27. The summed E-state index contributed by atoms with van der Waals surface area (Å²) >= 11 is 0. The molecule has 0 spiro atoms. The molecule has 1 amide bonds. The fourth-order valence-electron chi connectivity index (χ4n) is 2.35. The Kier molecular flexibility index (Phi) is 8.86. The lowest BCUT2D eigenvalue weighted by Crippen LogP contribution is -2.38. The summed E-state index contributed by atoms with van der Waals surface area (Å²) < 4.78 is 5.39. The van der Waals surface area contributed by atoms with Gasteiger partial charge in [-0.05, 0) is 46.5 Å². The highest BCUT2D eigenvalue weighted by atomic mass is 16.6. The second-order valence-corrected chi connectivity index (χ2v) is 6.44. The van der Waals surface area contributed by atoms with Gasteiger partial charge in [0.25, 0.3) is 0 Å². The minimum absolute atomic E-state index is 0.226. The largest absolute Gasteiger partial charge is 0.444 e. The maximum absolute atomic E-state index is 12.0. The third-order valence-electron chi connectivity index (χ3n) is 3.65. The Morgan fingerprint density at radius 1 is 1.20 bits per heavy atom. The Morgan fingerprint density at radius 3 is 2.15 bits per heavy atom. The van der Waals surface area contributed by atoms with Crippen LogP contribution in [0, 0.1) is 5.92 Å². The molecule has 0 aromatic heterocycles. The number of hydrogen-bond acceptors (Lipinski definition) is 3. The van der Waals surface area contributed by atoms with Crippen LogP contribution in [0.2, 0.25) is 0 Å². The minimum atomic E-state index is -0.434. The summed E-state index contributed by atoms with van der Waals surface area (Å²) in [5.41, 5.74) is 5.78. The van der Waals surface area contributed by atoms with Gasteiger partial charge in [-0.2, -0.15) is 0 Å². The van der Waals surface area contributed by atoms with E-state index in [9.17, 15) is 4.79 Å². The van der Waals surface area contributed by atoms with Gasteiger partial charge < -0.3 is 15.4 Å². The number of rotatable bonds is 8. The van der Waals surface area contributed by atoms with E-state index in [0.717, 1.165) is 32.2 Å². The molecule has 0 saturated carbocycles. The highest BCUT2D eigenvalue weighted by Gasteiger charge is 2.21. The fraction of sp³-hybridized carbons (Fsp3) is 0.938. The van der Waals surface area contributed by atoms with Crippen molar-refractivity contribution in [3.05, 3.63) is 0 Å². The van der Waals surface area contributed by atoms with Crippen molar-refractivity contribution in [1.82, 2.24) is 4.90 Å². The summed E-state index contributed by atoms with van der Waals surface area (Å²) in [6.45, 7) is 13.4. The summed E-state index contributed by atoms with van der Waals surface area (Å²) in [4.78, 5) is 13.7. The van der Waals surface area contributed by atoms with Gasteiger partial charge in [0.05, 0.1) is 0 Å². The predicted molar refractivity (Wildman–Crippen MR) is 84.8 cm³/mol. The van der Waals surface area contributed by atoms with Crippen LogP contribution in [0.3, 0.4) is 0 Å². The number of carbonyl (C=O) groups excluding carboxylic acids is 1. The van der Waals surface area contributed by atoms with Crippen molar-refractivity contribution in [2.24, 2.45) is 11.7 Å². The van der Waals surface area contributed by atoms with Crippen LogP contribution in [0.1, 0.15) is 67.2 Å². The molecule has 120 valence electrons. The smallest absolute Gasteiger partial charge is 0.410 e. The van der Waals surface area contributed by atoms with Gasteiger partial charge in [0, 0.05) is 19.1 Å². The number of amides is 1. The minimum Gasteiger partial charge on any atom is -0.444 e. The SMILES string of the molecule is CCC(CC)C(N)CCCN(CC)C(=O)OC(C)(C)C. The number of nitrogens with two attached hydrogens (primary N) is 1. The third kappa shape index (κ3) is 7.73. The van der Waals surface area contributed by atoms with E-state index in [1.807, 2.05) is 27.7 Å². The monoisotopic (exact) mass is 286 g/mol. The molecular weight excluding hydrogens is 252 g/mol. The summed E-state index contributed by atoms with van der Waals surface area (Å²) in [5.74, 6) is 0.589. The molecule has 0 radical (unpaired) electrons. The van der Waals surface area contributed by atoms with Crippen LogP contribution in [-0.4, -0.2) is 35.7 Å². The van der Waals surface area contributed by atoms with Gasteiger partial charge in [0.2, 0.25) is 0 Å². The van der Waals surface area contributed by atoms with Crippen LogP contribution < -0.4 is 5.73 Å². The molecule has 0 fully saturated rings. The second-order valence-electron chi connectivity index (χ2n) is 6.44. The second kappa shape index (κ2) is 9.22. The third-order valence-corrected chi connectivity index (χ3v) is 3.65. The van der Waals surface area contributed by atoms with E-state index < -0.39 is 5.60 Å². The molecule has 2 N–H and O–H groups in total.